The summed E-state index contributed by atoms with van der Waals surface area (Å²) in [6.45, 7) is 0.541. The van der Waals surface area contributed by atoms with Gasteiger partial charge >= 0.3 is 0 Å². The van der Waals surface area contributed by atoms with Gasteiger partial charge in [-0.3, -0.25) is 0 Å². The Hall–Kier alpha value is -1.73. The number of hydrogen-bond acceptors (Lipinski definition) is 4. The average molecular weight is 218 g/mol. The molecule has 0 aromatic heterocycles. The van der Waals surface area contributed by atoms with Crippen LogP contribution >= 0.6 is 0 Å². The topological polar surface area (TPSA) is 79.3 Å². The van der Waals surface area contributed by atoms with Crippen LogP contribution in [0.1, 0.15) is 24.0 Å². The molecule has 2 rings (SSSR count). The molecule has 1 aromatic rings. The van der Waals surface area contributed by atoms with Crippen molar-refractivity contribution in [2.24, 2.45) is 5.73 Å². The van der Waals surface area contributed by atoms with Gasteiger partial charge in [0, 0.05) is 23.6 Å². The van der Waals surface area contributed by atoms with Gasteiger partial charge in [-0.25, -0.2) is 0 Å². The number of phenols is 1. The quantitative estimate of drug-likeness (QED) is 0.800. The number of benzene rings is 1. The van der Waals surface area contributed by atoms with Crippen molar-refractivity contribution in [2.45, 2.75) is 18.3 Å². The highest BCUT2D eigenvalue weighted by molar-refractivity contribution is 5.55. The number of nitrogens with zero attached hydrogens (tertiary/aromatic N) is 1. The van der Waals surface area contributed by atoms with Crippen LogP contribution in [0.3, 0.4) is 0 Å². The average Bonchev–Trinajstić information content (AvgIpc) is 3.09. The third-order valence-corrected chi connectivity index (χ3v) is 3.25. The smallest absolute Gasteiger partial charge is 0.137 e. The Bertz CT molecular complexity index is 459. The molecule has 3 N–H and O–H groups in total. The van der Waals surface area contributed by atoms with E-state index in [1.165, 1.54) is 6.07 Å². The molecule has 0 spiro atoms. The van der Waals surface area contributed by atoms with E-state index < -0.39 is 0 Å². The fourth-order valence-corrected chi connectivity index (χ4v) is 1.98. The molecule has 4 nitrogen and oxygen atoms in total. The van der Waals surface area contributed by atoms with Gasteiger partial charge in [-0.2, -0.15) is 5.26 Å². The molecule has 1 saturated carbocycles. The van der Waals surface area contributed by atoms with E-state index in [-0.39, 0.29) is 16.7 Å². The van der Waals surface area contributed by atoms with Crippen molar-refractivity contribution in [3.8, 4) is 17.6 Å². The fraction of sp³-hybridized carbons (Fsp3) is 0.417. The van der Waals surface area contributed by atoms with Crippen LogP contribution in [0.4, 0.5) is 0 Å². The molecule has 1 aliphatic carbocycles. The Balaban J connectivity index is 2.55. The van der Waals surface area contributed by atoms with E-state index in [2.05, 4.69) is 0 Å². The molecule has 0 heterocycles. The lowest BCUT2D eigenvalue weighted by molar-refractivity contribution is 0.397. The molecule has 0 saturated heterocycles. The summed E-state index contributed by atoms with van der Waals surface area (Å²) in [5, 5.41) is 18.5. The maximum atomic E-state index is 9.57. The first kappa shape index (κ1) is 10.8. The van der Waals surface area contributed by atoms with Crippen LogP contribution in [0.5, 0.6) is 11.5 Å². The minimum Gasteiger partial charge on any atom is -0.506 e. The molecule has 1 aliphatic rings. The largest absolute Gasteiger partial charge is 0.506 e. The summed E-state index contributed by atoms with van der Waals surface area (Å²) >= 11 is 0. The number of rotatable bonds is 3. The van der Waals surface area contributed by atoms with Gasteiger partial charge in [0.2, 0.25) is 0 Å². The molecular formula is C12H14N2O2. The summed E-state index contributed by atoms with van der Waals surface area (Å²) in [6.07, 6.45) is 2.02. The molecule has 84 valence electrons. The van der Waals surface area contributed by atoms with E-state index in [4.69, 9.17) is 15.7 Å². The number of nitrogens with two attached hydrogens (primary N) is 1. The summed E-state index contributed by atoms with van der Waals surface area (Å²) in [4.78, 5) is 0. The van der Waals surface area contributed by atoms with E-state index in [0.717, 1.165) is 18.4 Å². The van der Waals surface area contributed by atoms with Crippen LogP contribution in [0.2, 0.25) is 0 Å². The van der Waals surface area contributed by atoms with Crippen LogP contribution in [0, 0.1) is 11.3 Å². The fourth-order valence-electron chi connectivity index (χ4n) is 1.98. The van der Waals surface area contributed by atoms with Gasteiger partial charge in [-0.1, -0.05) is 0 Å². The zero-order valence-electron chi connectivity index (χ0n) is 9.16. The van der Waals surface area contributed by atoms with E-state index >= 15 is 0 Å². The highest BCUT2D eigenvalue weighted by Gasteiger charge is 2.45. The number of aromatic hydroxyl groups is 1. The predicted molar refractivity (Wildman–Crippen MR) is 59.3 cm³/mol. The summed E-state index contributed by atoms with van der Waals surface area (Å²) in [5.74, 6) is 0.565. The van der Waals surface area contributed by atoms with Crippen molar-refractivity contribution in [1.29, 1.82) is 5.26 Å². The third-order valence-electron chi connectivity index (χ3n) is 3.25. The molecule has 1 aromatic carbocycles. The van der Waals surface area contributed by atoms with Gasteiger partial charge < -0.3 is 15.6 Å². The lowest BCUT2D eigenvalue weighted by Crippen LogP contribution is -2.20. The van der Waals surface area contributed by atoms with E-state index in [0.29, 0.717) is 12.3 Å². The number of methoxy groups -OCH3 is 1. The van der Waals surface area contributed by atoms with Crippen molar-refractivity contribution in [3.63, 3.8) is 0 Å². The first-order chi connectivity index (χ1) is 7.66. The molecule has 0 bridgehead atoms. The highest BCUT2D eigenvalue weighted by atomic mass is 16.5. The number of nitriles is 1. The Morgan fingerprint density at radius 1 is 1.56 bits per heavy atom. The zero-order valence-corrected chi connectivity index (χ0v) is 9.16. The van der Waals surface area contributed by atoms with Crippen molar-refractivity contribution < 1.29 is 9.84 Å². The van der Waals surface area contributed by atoms with Crippen molar-refractivity contribution in [1.82, 2.24) is 0 Å². The lowest BCUT2D eigenvalue weighted by atomic mass is 9.93. The van der Waals surface area contributed by atoms with Crippen molar-refractivity contribution >= 4 is 0 Å². The molecule has 4 heteroatoms. The summed E-state index contributed by atoms with van der Waals surface area (Å²) in [7, 11) is 1.55. The zero-order chi connectivity index (χ0) is 11.8. The predicted octanol–water partition coefficient (Wildman–Crippen LogP) is 1.26. The second-order valence-corrected chi connectivity index (χ2v) is 4.17. The minimum atomic E-state index is -0.0509. The third kappa shape index (κ3) is 1.50. The standard InChI is InChI=1S/C12H14N2O2/c1-16-11-5-10(15)8(6-13)4-9(11)12(7-14)2-3-12/h4-5,15H,2-3,7,14H2,1H3. The highest BCUT2D eigenvalue weighted by Crippen LogP contribution is 2.51. The van der Waals surface area contributed by atoms with Gasteiger partial charge in [0.15, 0.2) is 0 Å². The molecule has 0 aliphatic heterocycles. The molecule has 0 amide bonds. The number of phenolic OH excluding ortho intramolecular Hbond substituents is 1. The van der Waals surface area contributed by atoms with Crippen LogP contribution in [0.15, 0.2) is 12.1 Å². The maximum Gasteiger partial charge on any atom is 0.137 e. The molecule has 1 fully saturated rings. The van der Waals surface area contributed by atoms with Crippen LogP contribution in [-0.2, 0) is 5.41 Å². The van der Waals surface area contributed by atoms with Crippen molar-refractivity contribution in [3.05, 3.63) is 23.3 Å². The Morgan fingerprint density at radius 3 is 2.69 bits per heavy atom. The number of ether oxygens (including phenoxy) is 1. The summed E-state index contributed by atoms with van der Waals surface area (Å²) in [5.41, 5.74) is 6.91. The van der Waals surface area contributed by atoms with E-state index in [1.807, 2.05) is 6.07 Å². The first-order valence-corrected chi connectivity index (χ1v) is 5.18. The van der Waals surface area contributed by atoms with Gasteiger partial charge in [-0.15, -0.1) is 0 Å². The molecule has 0 unspecified atom stereocenters. The van der Waals surface area contributed by atoms with E-state index in [1.54, 1.807) is 13.2 Å². The monoisotopic (exact) mass is 218 g/mol. The minimum absolute atomic E-state index is 0.0454. The molecule has 0 radical (unpaired) electrons. The van der Waals surface area contributed by atoms with Gasteiger partial charge in [0.1, 0.15) is 17.6 Å². The van der Waals surface area contributed by atoms with Crippen LogP contribution in [-0.4, -0.2) is 18.8 Å². The summed E-state index contributed by atoms with van der Waals surface area (Å²) in [6, 6.07) is 5.14. The summed E-state index contributed by atoms with van der Waals surface area (Å²) < 4.78 is 5.23. The molecular weight excluding hydrogens is 204 g/mol. The number of hydrogen-bond donors (Lipinski definition) is 2. The Labute approximate surface area is 94.3 Å². The van der Waals surface area contributed by atoms with Gasteiger partial charge in [0.05, 0.1) is 12.7 Å². The molecule has 16 heavy (non-hydrogen) atoms. The SMILES string of the molecule is COc1cc(O)c(C#N)cc1C1(CN)CC1. The van der Waals surface area contributed by atoms with Crippen LogP contribution < -0.4 is 10.5 Å². The molecule has 0 atom stereocenters. The second kappa shape index (κ2) is 3.69. The first-order valence-electron chi connectivity index (χ1n) is 5.18. The Kier molecular flexibility index (Phi) is 2.49. The van der Waals surface area contributed by atoms with Crippen molar-refractivity contribution in [2.75, 3.05) is 13.7 Å². The second-order valence-electron chi connectivity index (χ2n) is 4.17. The lowest BCUT2D eigenvalue weighted by Gasteiger charge is -2.17. The normalized spacial score (nSPS) is 16.6. The maximum absolute atomic E-state index is 9.57. The van der Waals surface area contributed by atoms with Gasteiger partial charge in [-0.05, 0) is 18.9 Å². The Morgan fingerprint density at radius 2 is 2.25 bits per heavy atom. The van der Waals surface area contributed by atoms with Crippen LogP contribution in [0.25, 0.3) is 0 Å². The van der Waals surface area contributed by atoms with Gasteiger partial charge in [0.25, 0.3) is 0 Å². The van der Waals surface area contributed by atoms with E-state index in [9.17, 15) is 5.11 Å².